The first-order valence-corrected chi connectivity index (χ1v) is 7.65. The number of nitrogens with one attached hydrogen (secondary N) is 1. The molecule has 0 bridgehead atoms. The Balaban J connectivity index is 1.95. The second kappa shape index (κ2) is 6.90. The molecular weight excluding hydrogens is 234 g/mol. The summed E-state index contributed by atoms with van der Waals surface area (Å²) in [6.45, 7) is 6.64. The van der Waals surface area contributed by atoms with E-state index in [0.29, 0.717) is 6.04 Å². The van der Waals surface area contributed by atoms with Gasteiger partial charge in [0.2, 0.25) is 0 Å². The van der Waals surface area contributed by atoms with Crippen molar-refractivity contribution in [3.8, 4) is 0 Å². The molecule has 3 nitrogen and oxygen atoms in total. The molecule has 1 fully saturated rings. The first kappa shape index (κ1) is 14.3. The molecule has 1 aromatic rings. The minimum absolute atomic E-state index is 0.391. The Bertz CT molecular complexity index is 370. The van der Waals surface area contributed by atoms with Gasteiger partial charge in [-0.25, -0.2) is 0 Å². The van der Waals surface area contributed by atoms with Crippen molar-refractivity contribution < 1.29 is 0 Å². The molecule has 0 amide bonds. The number of nitrogens with zero attached hydrogens (tertiary/aromatic N) is 2. The van der Waals surface area contributed by atoms with Crippen LogP contribution < -0.4 is 10.2 Å². The van der Waals surface area contributed by atoms with Crippen LogP contribution in [0, 0.1) is 5.92 Å². The van der Waals surface area contributed by atoms with Gasteiger partial charge in [0.05, 0.1) is 17.6 Å². The fourth-order valence-corrected chi connectivity index (χ4v) is 2.40. The largest absolute Gasteiger partial charge is 0.373 e. The zero-order chi connectivity index (χ0) is 13.7. The van der Waals surface area contributed by atoms with E-state index in [9.17, 15) is 0 Å². The Morgan fingerprint density at radius 1 is 1.37 bits per heavy atom. The van der Waals surface area contributed by atoms with E-state index < -0.39 is 0 Å². The Labute approximate surface area is 117 Å². The maximum absolute atomic E-state index is 4.65. The van der Waals surface area contributed by atoms with Crippen LogP contribution in [0.1, 0.15) is 51.3 Å². The highest BCUT2D eigenvalue weighted by Crippen LogP contribution is 2.30. The van der Waals surface area contributed by atoms with Crippen molar-refractivity contribution in [2.45, 2.75) is 45.6 Å². The lowest BCUT2D eigenvalue weighted by atomic mass is 10.1. The maximum atomic E-state index is 4.65. The van der Waals surface area contributed by atoms with E-state index in [-0.39, 0.29) is 0 Å². The standard InChI is InChI=1S/C16H27N3/c1-4-10-17-15(5-2)16-9-8-14(11-18-16)19(3)12-13-6-7-13/h8-9,11,13,15,17H,4-7,10,12H2,1-3H3. The molecule has 0 spiro atoms. The summed E-state index contributed by atoms with van der Waals surface area (Å²) in [6.07, 6.45) is 7.07. The smallest absolute Gasteiger partial charge is 0.0574 e. The molecular formula is C16H27N3. The molecule has 0 radical (unpaired) electrons. The van der Waals surface area contributed by atoms with Gasteiger partial charge < -0.3 is 10.2 Å². The van der Waals surface area contributed by atoms with Crippen LogP contribution in [0.5, 0.6) is 0 Å². The van der Waals surface area contributed by atoms with Crippen LogP contribution in [0.25, 0.3) is 0 Å². The molecule has 1 aliphatic carbocycles. The number of rotatable bonds is 8. The van der Waals surface area contributed by atoms with Crippen molar-refractivity contribution >= 4 is 5.69 Å². The molecule has 0 saturated heterocycles. The SMILES string of the molecule is CCCNC(CC)c1ccc(N(C)CC2CC2)cn1. The first-order valence-electron chi connectivity index (χ1n) is 7.65. The van der Waals surface area contributed by atoms with Gasteiger partial charge in [0.25, 0.3) is 0 Å². The third kappa shape index (κ3) is 4.20. The molecule has 1 saturated carbocycles. The van der Waals surface area contributed by atoms with Crippen molar-refractivity contribution in [1.82, 2.24) is 10.3 Å². The molecule has 1 aromatic heterocycles. The van der Waals surface area contributed by atoms with Crippen molar-refractivity contribution in [2.24, 2.45) is 5.92 Å². The van der Waals surface area contributed by atoms with E-state index in [1.807, 2.05) is 6.20 Å². The Morgan fingerprint density at radius 3 is 2.68 bits per heavy atom. The van der Waals surface area contributed by atoms with E-state index in [2.05, 4.69) is 48.2 Å². The number of pyridine rings is 1. The molecule has 1 atom stereocenters. The molecule has 0 aliphatic heterocycles. The van der Waals surface area contributed by atoms with Crippen LogP contribution in [0.15, 0.2) is 18.3 Å². The van der Waals surface area contributed by atoms with Crippen LogP contribution in [0.3, 0.4) is 0 Å². The van der Waals surface area contributed by atoms with E-state index in [4.69, 9.17) is 0 Å². The third-order valence-corrected chi connectivity index (χ3v) is 3.85. The second-order valence-electron chi connectivity index (χ2n) is 5.68. The minimum atomic E-state index is 0.391. The summed E-state index contributed by atoms with van der Waals surface area (Å²) in [5.41, 5.74) is 2.40. The normalized spacial score (nSPS) is 16.4. The van der Waals surface area contributed by atoms with Gasteiger partial charge in [0.15, 0.2) is 0 Å². The highest BCUT2D eigenvalue weighted by atomic mass is 15.1. The van der Waals surface area contributed by atoms with E-state index in [1.54, 1.807) is 0 Å². The summed E-state index contributed by atoms with van der Waals surface area (Å²) >= 11 is 0. The van der Waals surface area contributed by atoms with Crippen molar-refractivity contribution in [3.63, 3.8) is 0 Å². The number of aromatic nitrogens is 1. The lowest BCUT2D eigenvalue weighted by Gasteiger charge is -2.20. The van der Waals surface area contributed by atoms with Crippen molar-refractivity contribution in [2.75, 3.05) is 25.0 Å². The average Bonchev–Trinajstić information content (AvgIpc) is 3.24. The average molecular weight is 261 g/mol. The van der Waals surface area contributed by atoms with Crippen LogP contribution in [-0.2, 0) is 0 Å². The predicted molar refractivity (Wildman–Crippen MR) is 81.6 cm³/mol. The zero-order valence-electron chi connectivity index (χ0n) is 12.5. The Kier molecular flexibility index (Phi) is 5.20. The molecule has 19 heavy (non-hydrogen) atoms. The van der Waals surface area contributed by atoms with Crippen LogP contribution in [0.4, 0.5) is 5.69 Å². The van der Waals surface area contributed by atoms with Crippen molar-refractivity contribution in [3.05, 3.63) is 24.0 Å². The van der Waals surface area contributed by atoms with Gasteiger partial charge >= 0.3 is 0 Å². The van der Waals surface area contributed by atoms with Crippen molar-refractivity contribution in [1.29, 1.82) is 0 Å². The fraction of sp³-hybridized carbons (Fsp3) is 0.688. The number of hydrogen-bond donors (Lipinski definition) is 1. The van der Waals surface area contributed by atoms with Gasteiger partial charge in [0, 0.05) is 19.6 Å². The van der Waals surface area contributed by atoms with Gasteiger partial charge in [-0.2, -0.15) is 0 Å². The summed E-state index contributed by atoms with van der Waals surface area (Å²) in [6, 6.07) is 4.78. The highest BCUT2D eigenvalue weighted by molar-refractivity contribution is 5.44. The molecule has 106 valence electrons. The first-order chi connectivity index (χ1) is 9.24. The van der Waals surface area contributed by atoms with Gasteiger partial charge in [-0.3, -0.25) is 4.98 Å². The topological polar surface area (TPSA) is 28.2 Å². The van der Waals surface area contributed by atoms with Crippen LogP contribution in [-0.4, -0.2) is 25.1 Å². The molecule has 1 aliphatic rings. The summed E-state index contributed by atoms with van der Waals surface area (Å²) in [5, 5.41) is 3.55. The molecule has 2 rings (SSSR count). The van der Waals surface area contributed by atoms with E-state index in [0.717, 1.165) is 18.9 Å². The van der Waals surface area contributed by atoms with Crippen LogP contribution >= 0.6 is 0 Å². The molecule has 1 N–H and O–H groups in total. The maximum Gasteiger partial charge on any atom is 0.0574 e. The third-order valence-electron chi connectivity index (χ3n) is 3.85. The lowest BCUT2D eigenvalue weighted by Crippen LogP contribution is -2.23. The fourth-order valence-electron chi connectivity index (χ4n) is 2.40. The monoisotopic (exact) mass is 261 g/mol. The molecule has 1 unspecified atom stereocenters. The summed E-state index contributed by atoms with van der Waals surface area (Å²) in [7, 11) is 2.17. The van der Waals surface area contributed by atoms with Gasteiger partial charge in [0.1, 0.15) is 0 Å². The lowest BCUT2D eigenvalue weighted by molar-refractivity contribution is 0.507. The molecule has 0 aromatic carbocycles. The Morgan fingerprint density at radius 2 is 2.16 bits per heavy atom. The summed E-state index contributed by atoms with van der Waals surface area (Å²) in [4.78, 5) is 6.98. The zero-order valence-corrected chi connectivity index (χ0v) is 12.5. The van der Waals surface area contributed by atoms with E-state index in [1.165, 1.54) is 37.2 Å². The quantitative estimate of drug-likeness (QED) is 0.777. The summed E-state index contributed by atoms with van der Waals surface area (Å²) in [5.74, 6) is 0.916. The predicted octanol–water partition coefficient (Wildman–Crippen LogP) is 3.38. The molecule has 3 heteroatoms. The second-order valence-corrected chi connectivity index (χ2v) is 5.68. The Hall–Kier alpha value is -1.09. The van der Waals surface area contributed by atoms with E-state index >= 15 is 0 Å². The number of anilines is 1. The molecule has 1 heterocycles. The van der Waals surface area contributed by atoms with Gasteiger partial charge in [-0.15, -0.1) is 0 Å². The van der Waals surface area contributed by atoms with Gasteiger partial charge in [-0.05, 0) is 50.3 Å². The van der Waals surface area contributed by atoms with Gasteiger partial charge in [-0.1, -0.05) is 13.8 Å². The minimum Gasteiger partial charge on any atom is -0.373 e. The highest BCUT2D eigenvalue weighted by Gasteiger charge is 2.23. The van der Waals surface area contributed by atoms with Crippen LogP contribution in [0.2, 0.25) is 0 Å². The number of hydrogen-bond acceptors (Lipinski definition) is 3. The summed E-state index contributed by atoms with van der Waals surface area (Å²) < 4.78 is 0.